The maximum atomic E-state index is 12.6. The molecule has 0 aliphatic heterocycles. The highest BCUT2D eigenvalue weighted by Crippen LogP contribution is 2.53. The second kappa shape index (κ2) is 9.64. The van der Waals surface area contributed by atoms with Crippen LogP contribution in [-0.2, 0) is 19.7 Å². The number of rotatable bonds is 4. The van der Waals surface area contributed by atoms with Crippen molar-refractivity contribution in [2.75, 3.05) is 10.4 Å². The van der Waals surface area contributed by atoms with E-state index in [1.807, 2.05) is 0 Å². The Morgan fingerprint density at radius 3 is 0.974 bits per heavy atom. The van der Waals surface area contributed by atoms with Crippen LogP contribution < -0.4 is 0 Å². The molecular weight excluding hydrogens is 559 g/mol. The molecule has 0 N–H and O–H groups in total. The predicted octanol–water partition coefficient (Wildman–Crippen LogP) is 7.30. The maximum absolute atomic E-state index is 12.6. The fourth-order valence-electron chi connectivity index (χ4n) is 7.67. The molecule has 0 aromatic carbocycles. The van der Waals surface area contributed by atoms with E-state index < -0.39 is 30.2 Å². The molecule has 6 aliphatic carbocycles. The standard InChI is InChI=1S/C30H34Cl2O4S2/c1-17-3-19-5-21-7-23-8-22-6-20-4-18(2)30(38(35,36)16-32)14-28(20)12-26(22)10-24(23)9-25(21)11-27(19)13-29(17)37(33,34)15-31/h29-30H,1-16H2. The summed E-state index contributed by atoms with van der Waals surface area (Å²) in [6.07, 6.45) is 10.1. The molecule has 0 bridgehead atoms. The van der Waals surface area contributed by atoms with E-state index in [0.717, 1.165) is 62.5 Å². The van der Waals surface area contributed by atoms with Crippen molar-refractivity contribution in [1.29, 1.82) is 0 Å². The van der Waals surface area contributed by atoms with Gasteiger partial charge in [0.2, 0.25) is 0 Å². The molecule has 6 rings (SSSR count). The first-order valence-corrected chi connectivity index (χ1v) is 17.9. The van der Waals surface area contributed by atoms with Crippen LogP contribution in [-0.4, -0.2) is 37.8 Å². The van der Waals surface area contributed by atoms with Gasteiger partial charge in [-0.2, -0.15) is 0 Å². The molecule has 2 unspecified atom stereocenters. The lowest BCUT2D eigenvalue weighted by Gasteiger charge is -2.40. The number of halogens is 2. The lowest BCUT2D eigenvalue weighted by atomic mass is 9.67. The summed E-state index contributed by atoms with van der Waals surface area (Å²) in [5.74, 6) is 0. The molecule has 0 heterocycles. The van der Waals surface area contributed by atoms with Crippen LogP contribution in [0.25, 0.3) is 0 Å². The molecule has 6 aliphatic rings. The minimum atomic E-state index is -3.37. The van der Waals surface area contributed by atoms with Crippen LogP contribution in [0.1, 0.15) is 77.0 Å². The Hall–Kier alpha value is -1.34. The topological polar surface area (TPSA) is 68.3 Å². The quantitative estimate of drug-likeness (QED) is 0.253. The van der Waals surface area contributed by atoms with Crippen molar-refractivity contribution in [3.05, 3.63) is 80.0 Å². The molecule has 0 amide bonds. The summed E-state index contributed by atoms with van der Waals surface area (Å²) in [5, 5.41) is -1.81. The van der Waals surface area contributed by atoms with Crippen molar-refractivity contribution >= 4 is 42.9 Å². The summed E-state index contributed by atoms with van der Waals surface area (Å²) >= 11 is 11.6. The van der Waals surface area contributed by atoms with E-state index in [1.54, 1.807) is 5.57 Å². The van der Waals surface area contributed by atoms with Gasteiger partial charge in [0.1, 0.15) is 10.4 Å². The highest BCUT2D eigenvalue weighted by atomic mass is 35.5. The Kier molecular flexibility index (Phi) is 6.81. The van der Waals surface area contributed by atoms with Gasteiger partial charge >= 0.3 is 0 Å². The minimum Gasteiger partial charge on any atom is -0.227 e. The van der Waals surface area contributed by atoms with E-state index in [-0.39, 0.29) is 10.4 Å². The summed E-state index contributed by atoms with van der Waals surface area (Å²) in [7, 11) is -6.73. The van der Waals surface area contributed by atoms with Crippen molar-refractivity contribution in [2.45, 2.75) is 87.5 Å². The minimum absolute atomic E-state index is 0.355. The van der Waals surface area contributed by atoms with Crippen LogP contribution in [0.4, 0.5) is 0 Å². The van der Waals surface area contributed by atoms with Crippen molar-refractivity contribution in [2.24, 2.45) is 0 Å². The van der Waals surface area contributed by atoms with Crippen LogP contribution in [0, 0.1) is 0 Å². The van der Waals surface area contributed by atoms with Crippen LogP contribution in [0.3, 0.4) is 0 Å². The SMILES string of the molecule is C=C1CC2=C(CC3=C(C2)CC2=C(C3)CC3=C(CC4=C(C3)CC(S(=O)(=O)CCl)C(=C)C4)C2)CC1S(=O)(=O)CCl. The first-order chi connectivity index (χ1) is 18.0. The lowest BCUT2D eigenvalue weighted by Crippen LogP contribution is -2.30. The summed E-state index contributed by atoms with van der Waals surface area (Å²) in [4.78, 5) is 0. The Morgan fingerprint density at radius 2 is 0.711 bits per heavy atom. The molecule has 38 heavy (non-hydrogen) atoms. The van der Waals surface area contributed by atoms with Crippen LogP contribution in [0.2, 0.25) is 0 Å². The number of sulfone groups is 2. The number of alkyl halides is 2. The summed E-state index contributed by atoms with van der Waals surface area (Å²) < 4.78 is 50.3. The molecule has 8 heteroatoms. The molecule has 2 atom stereocenters. The fourth-order valence-corrected chi connectivity index (χ4v) is 11.0. The lowest BCUT2D eigenvalue weighted by molar-refractivity contribution is 0.581. The van der Waals surface area contributed by atoms with E-state index in [4.69, 9.17) is 23.2 Å². The van der Waals surface area contributed by atoms with E-state index in [2.05, 4.69) is 13.2 Å². The zero-order valence-corrected chi connectivity index (χ0v) is 24.8. The van der Waals surface area contributed by atoms with Crippen LogP contribution in [0.15, 0.2) is 80.0 Å². The van der Waals surface area contributed by atoms with Gasteiger partial charge in [-0.25, -0.2) is 16.8 Å². The third-order valence-corrected chi connectivity index (χ3v) is 14.9. The first kappa shape index (κ1) is 26.9. The fraction of sp³-hybridized carbons (Fsp3) is 0.533. The average Bonchev–Trinajstić information content (AvgIpc) is 2.87. The molecule has 204 valence electrons. The maximum Gasteiger partial charge on any atom is 0.171 e. The number of hydrogen-bond donors (Lipinski definition) is 0. The smallest absolute Gasteiger partial charge is 0.171 e. The molecule has 0 spiro atoms. The van der Waals surface area contributed by atoms with Gasteiger partial charge in [0.15, 0.2) is 19.7 Å². The zero-order chi connectivity index (χ0) is 27.0. The van der Waals surface area contributed by atoms with E-state index in [1.165, 1.54) is 50.2 Å². The molecule has 0 fully saturated rings. The van der Waals surface area contributed by atoms with Crippen LogP contribution >= 0.6 is 23.2 Å². The first-order valence-electron chi connectivity index (χ1n) is 13.4. The van der Waals surface area contributed by atoms with E-state index in [0.29, 0.717) is 25.7 Å². The van der Waals surface area contributed by atoms with Gasteiger partial charge in [0.25, 0.3) is 0 Å². The Morgan fingerprint density at radius 1 is 0.474 bits per heavy atom. The van der Waals surface area contributed by atoms with Gasteiger partial charge in [0, 0.05) is 0 Å². The second-order valence-corrected chi connectivity index (χ2v) is 17.6. The van der Waals surface area contributed by atoms with Crippen molar-refractivity contribution in [1.82, 2.24) is 0 Å². The van der Waals surface area contributed by atoms with Gasteiger partial charge in [-0.15, -0.1) is 23.2 Å². The van der Waals surface area contributed by atoms with Gasteiger partial charge in [-0.1, -0.05) is 80.0 Å². The van der Waals surface area contributed by atoms with Gasteiger partial charge < -0.3 is 0 Å². The van der Waals surface area contributed by atoms with E-state index in [9.17, 15) is 16.8 Å². The Balaban J connectivity index is 1.16. The van der Waals surface area contributed by atoms with Crippen molar-refractivity contribution < 1.29 is 16.8 Å². The van der Waals surface area contributed by atoms with Gasteiger partial charge in [0.05, 0.1) is 10.5 Å². The third kappa shape index (κ3) is 4.57. The summed E-state index contributed by atoms with van der Waals surface area (Å²) in [6.45, 7) is 8.25. The predicted molar refractivity (Wildman–Crippen MR) is 156 cm³/mol. The molecule has 4 nitrogen and oxygen atoms in total. The highest BCUT2D eigenvalue weighted by molar-refractivity contribution is 7.93. The molecule has 0 aromatic rings. The largest absolute Gasteiger partial charge is 0.227 e. The monoisotopic (exact) mass is 592 g/mol. The molecule has 0 saturated heterocycles. The Labute approximate surface area is 236 Å². The average molecular weight is 594 g/mol. The highest BCUT2D eigenvalue weighted by Gasteiger charge is 2.39. The molecule has 0 aromatic heterocycles. The summed E-state index contributed by atoms with van der Waals surface area (Å²) in [5.41, 5.74) is 16.1. The number of hydrogen-bond acceptors (Lipinski definition) is 4. The van der Waals surface area contributed by atoms with E-state index >= 15 is 0 Å². The normalized spacial score (nSPS) is 28.3. The van der Waals surface area contributed by atoms with Gasteiger partial charge in [-0.05, 0) is 77.0 Å². The third-order valence-electron chi connectivity index (χ3n) is 9.74. The number of allylic oxidation sites excluding steroid dienone is 10. The summed E-state index contributed by atoms with van der Waals surface area (Å²) in [6, 6.07) is 0. The van der Waals surface area contributed by atoms with Crippen molar-refractivity contribution in [3.8, 4) is 0 Å². The zero-order valence-electron chi connectivity index (χ0n) is 21.7. The van der Waals surface area contributed by atoms with Gasteiger partial charge in [-0.3, -0.25) is 0 Å². The molecule has 0 saturated carbocycles. The molecule has 0 radical (unpaired) electrons. The Bertz CT molecular complexity index is 1430. The second-order valence-electron chi connectivity index (χ2n) is 12.0. The molecular formula is C30H34Cl2O4S2. The van der Waals surface area contributed by atoms with Crippen LogP contribution in [0.5, 0.6) is 0 Å². The van der Waals surface area contributed by atoms with Crippen molar-refractivity contribution in [3.63, 3.8) is 0 Å².